The van der Waals surface area contributed by atoms with Gasteiger partial charge in [0.25, 0.3) is 0 Å². The Morgan fingerprint density at radius 2 is 0.771 bits per heavy atom. The SMILES string of the molecule is CCCCCCCCCc1ccc(-c2cscc2-c2ccc(CCCCCCCCC)cc2)cc1. The Labute approximate surface area is 220 Å². The summed E-state index contributed by atoms with van der Waals surface area (Å²) in [4.78, 5) is 0. The molecule has 0 saturated heterocycles. The van der Waals surface area contributed by atoms with E-state index in [0.717, 1.165) is 0 Å². The highest BCUT2D eigenvalue weighted by Gasteiger charge is 2.09. The lowest BCUT2D eigenvalue weighted by Gasteiger charge is -2.08. The first-order valence-corrected chi connectivity index (χ1v) is 15.5. The van der Waals surface area contributed by atoms with E-state index in [2.05, 4.69) is 73.1 Å². The zero-order valence-corrected chi connectivity index (χ0v) is 23.3. The molecular weight excluding hydrogens is 440 g/mol. The third kappa shape index (κ3) is 9.96. The highest BCUT2D eigenvalue weighted by molar-refractivity contribution is 7.08. The highest BCUT2D eigenvalue weighted by Crippen LogP contribution is 2.35. The van der Waals surface area contributed by atoms with E-state index < -0.39 is 0 Å². The Balaban J connectivity index is 1.46. The molecule has 0 N–H and O–H groups in total. The second-order valence-electron chi connectivity index (χ2n) is 10.3. The molecule has 0 saturated carbocycles. The minimum absolute atomic E-state index is 1.21. The second kappa shape index (κ2) is 16.7. The molecule has 3 aromatic rings. The number of hydrogen-bond acceptors (Lipinski definition) is 1. The minimum atomic E-state index is 1.21. The maximum absolute atomic E-state index is 2.35. The number of aryl methyl sites for hydroxylation is 2. The van der Waals surface area contributed by atoms with E-state index in [0.29, 0.717) is 0 Å². The lowest BCUT2D eigenvalue weighted by Crippen LogP contribution is -1.88. The van der Waals surface area contributed by atoms with Crippen molar-refractivity contribution in [2.75, 3.05) is 0 Å². The zero-order chi connectivity index (χ0) is 24.6. The first kappa shape index (κ1) is 27.7. The van der Waals surface area contributed by atoms with Gasteiger partial charge in [0.1, 0.15) is 0 Å². The number of benzene rings is 2. The first-order valence-electron chi connectivity index (χ1n) is 14.6. The number of rotatable bonds is 18. The van der Waals surface area contributed by atoms with Gasteiger partial charge in [0.15, 0.2) is 0 Å². The van der Waals surface area contributed by atoms with Crippen LogP contribution in [-0.4, -0.2) is 0 Å². The molecule has 3 rings (SSSR count). The van der Waals surface area contributed by atoms with Gasteiger partial charge in [-0.25, -0.2) is 0 Å². The van der Waals surface area contributed by atoms with E-state index in [1.165, 1.54) is 136 Å². The van der Waals surface area contributed by atoms with Crippen LogP contribution < -0.4 is 0 Å². The molecule has 1 heteroatoms. The second-order valence-corrected chi connectivity index (χ2v) is 11.1. The fourth-order valence-electron chi connectivity index (χ4n) is 5.02. The molecule has 2 aromatic carbocycles. The molecule has 0 radical (unpaired) electrons. The van der Waals surface area contributed by atoms with Crippen molar-refractivity contribution in [2.45, 2.75) is 117 Å². The molecule has 0 nitrogen and oxygen atoms in total. The molecule has 190 valence electrons. The summed E-state index contributed by atoms with van der Waals surface area (Å²) in [5.74, 6) is 0. The van der Waals surface area contributed by atoms with Crippen molar-refractivity contribution in [3.63, 3.8) is 0 Å². The van der Waals surface area contributed by atoms with Crippen molar-refractivity contribution in [3.05, 3.63) is 70.4 Å². The Morgan fingerprint density at radius 3 is 1.14 bits per heavy atom. The summed E-state index contributed by atoms with van der Waals surface area (Å²) in [5, 5.41) is 4.63. The first-order chi connectivity index (χ1) is 17.3. The molecule has 0 amide bonds. The molecule has 0 unspecified atom stereocenters. The third-order valence-electron chi connectivity index (χ3n) is 7.33. The highest BCUT2D eigenvalue weighted by atomic mass is 32.1. The Hall–Kier alpha value is -1.86. The van der Waals surface area contributed by atoms with Gasteiger partial charge in [-0.1, -0.05) is 139 Å². The van der Waals surface area contributed by atoms with Crippen LogP contribution in [0, 0.1) is 0 Å². The van der Waals surface area contributed by atoms with Crippen LogP contribution in [-0.2, 0) is 12.8 Å². The van der Waals surface area contributed by atoms with Crippen LogP contribution in [0.3, 0.4) is 0 Å². The predicted octanol–water partition coefficient (Wildman–Crippen LogP) is 11.7. The summed E-state index contributed by atoms with van der Waals surface area (Å²) in [6.07, 6.45) is 21.7. The van der Waals surface area contributed by atoms with Crippen molar-refractivity contribution in [3.8, 4) is 22.3 Å². The fourth-order valence-corrected chi connectivity index (χ4v) is 5.88. The van der Waals surface area contributed by atoms with Gasteiger partial charge in [-0.3, -0.25) is 0 Å². The van der Waals surface area contributed by atoms with Crippen molar-refractivity contribution in [1.29, 1.82) is 0 Å². The fraction of sp³-hybridized carbons (Fsp3) is 0.529. The Morgan fingerprint density at radius 1 is 0.429 bits per heavy atom. The van der Waals surface area contributed by atoms with E-state index in [1.807, 2.05) is 11.3 Å². The van der Waals surface area contributed by atoms with Gasteiger partial charge in [-0.05, 0) is 58.7 Å². The molecule has 0 fully saturated rings. The van der Waals surface area contributed by atoms with Crippen LogP contribution in [0.4, 0.5) is 0 Å². The average molecular weight is 489 g/mol. The van der Waals surface area contributed by atoms with Gasteiger partial charge < -0.3 is 0 Å². The van der Waals surface area contributed by atoms with E-state index >= 15 is 0 Å². The van der Waals surface area contributed by atoms with Gasteiger partial charge >= 0.3 is 0 Å². The van der Waals surface area contributed by atoms with Crippen LogP contribution >= 0.6 is 11.3 Å². The van der Waals surface area contributed by atoms with Gasteiger partial charge in [-0.15, -0.1) is 0 Å². The van der Waals surface area contributed by atoms with Crippen molar-refractivity contribution < 1.29 is 0 Å². The molecule has 1 heterocycles. The van der Waals surface area contributed by atoms with E-state index in [9.17, 15) is 0 Å². The van der Waals surface area contributed by atoms with Gasteiger partial charge in [0.2, 0.25) is 0 Å². The molecular formula is C34H48S. The predicted molar refractivity (Wildman–Crippen MR) is 159 cm³/mol. The smallest absolute Gasteiger partial charge is 0.000184 e. The number of thiophene rings is 1. The molecule has 0 aliphatic carbocycles. The van der Waals surface area contributed by atoms with Gasteiger partial charge in [0.05, 0.1) is 0 Å². The van der Waals surface area contributed by atoms with E-state index in [4.69, 9.17) is 0 Å². The summed E-state index contributed by atoms with van der Waals surface area (Å²) < 4.78 is 0. The monoisotopic (exact) mass is 488 g/mol. The lowest BCUT2D eigenvalue weighted by molar-refractivity contribution is 0.589. The summed E-state index contributed by atoms with van der Waals surface area (Å²) in [6.45, 7) is 4.58. The van der Waals surface area contributed by atoms with Crippen LogP contribution in [0.5, 0.6) is 0 Å². The summed E-state index contributed by atoms with van der Waals surface area (Å²) in [6, 6.07) is 18.7. The zero-order valence-electron chi connectivity index (χ0n) is 22.5. The van der Waals surface area contributed by atoms with Gasteiger partial charge in [-0.2, -0.15) is 11.3 Å². The molecule has 0 bridgehead atoms. The average Bonchev–Trinajstić information content (AvgIpc) is 3.38. The third-order valence-corrected chi connectivity index (χ3v) is 8.07. The molecule has 0 spiro atoms. The normalized spacial score (nSPS) is 11.3. The minimum Gasteiger partial charge on any atom is -0.151 e. The van der Waals surface area contributed by atoms with Gasteiger partial charge in [0, 0.05) is 11.1 Å². The number of unbranched alkanes of at least 4 members (excludes halogenated alkanes) is 12. The molecule has 0 aliphatic rings. The van der Waals surface area contributed by atoms with Crippen molar-refractivity contribution in [1.82, 2.24) is 0 Å². The largest absolute Gasteiger partial charge is 0.151 e. The van der Waals surface area contributed by atoms with Crippen molar-refractivity contribution >= 4 is 11.3 Å². The lowest BCUT2D eigenvalue weighted by atomic mass is 9.96. The van der Waals surface area contributed by atoms with Crippen LogP contribution in [0.25, 0.3) is 22.3 Å². The van der Waals surface area contributed by atoms with Crippen molar-refractivity contribution in [2.24, 2.45) is 0 Å². The Kier molecular flexibility index (Phi) is 13.3. The molecule has 1 aromatic heterocycles. The summed E-state index contributed by atoms with van der Waals surface area (Å²) in [7, 11) is 0. The maximum atomic E-state index is 2.35. The van der Waals surface area contributed by atoms with Crippen LogP contribution in [0.1, 0.15) is 115 Å². The van der Waals surface area contributed by atoms with Crippen LogP contribution in [0.2, 0.25) is 0 Å². The van der Waals surface area contributed by atoms with E-state index in [1.54, 1.807) is 0 Å². The molecule has 0 aliphatic heterocycles. The topological polar surface area (TPSA) is 0 Å². The summed E-state index contributed by atoms with van der Waals surface area (Å²) in [5.41, 5.74) is 8.39. The van der Waals surface area contributed by atoms with Crippen LogP contribution in [0.15, 0.2) is 59.3 Å². The Bertz CT molecular complexity index is 840. The molecule has 35 heavy (non-hydrogen) atoms. The molecule has 0 atom stereocenters. The van der Waals surface area contributed by atoms with E-state index in [-0.39, 0.29) is 0 Å². The maximum Gasteiger partial charge on any atom is 0.000184 e. The summed E-state index contributed by atoms with van der Waals surface area (Å²) >= 11 is 1.81. The number of hydrogen-bond donors (Lipinski definition) is 0. The standard InChI is InChI=1S/C34H48S/c1-3-5-7-9-11-13-15-17-29-19-23-31(24-20-29)33-27-35-28-34(33)32-25-21-30(22-26-32)18-16-14-12-10-8-6-4-2/h19-28H,3-18H2,1-2H3. The quantitative estimate of drug-likeness (QED) is 0.156.